The van der Waals surface area contributed by atoms with Crippen LogP contribution in [0.1, 0.15) is 33.6 Å². The van der Waals surface area contributed by atoms with Crippen molar-refractivity contribution in [1.29, 1.82) is 0 Å². The molecule has 0 aromatic carbocycles. The summed E-state index contributed by atoms with van der Waals surface area (Å²) in [5, 5.41) is 0. The van der Waals surface area contributed by atoms with Crippen LogP contribution in [0.15, 0.2) is 12.2 Å². The van der Waals surface area contributed by atoms with Crippen LogP contribution < -0.4 is 0 Å². The number of likely N-dealkylation sites (tertiary alicyclic amines) is 1. The molecule has 0 bridgehead atoms. The van der Waals surface area contributed by atoms with Crippen LogP contribution in [0.25, 0.3) is 0 Å². The maximum absolute atomic E-state index is 11.8. The summed E-state index contributed by atoms with van der Waals surface area (Å²) in [5.41, 5.74) is 0.319. The third kappa shape index (κ3) is 1.99. The molecule has 0 spiro atoms. The molecule has 1 saturated heterocycles. The smallest absolute Gasteiger partial charge is 0.177 e. The second-order valence-electron chi connectivity index (χ2n) is 4.36. The number of hydrogen-bond donors (Lipinski definition) is 0. The van der Waals surface area contributed by atoms with Crippen LogP contribution in [0.4, 0.5) is 0 Å². The molecule has 0 N–H and O–H groups in total. The molecular formula is C11H19NO. The molecule has 0 radical (unpaired) electrons. The summed E-state index contributed by atoms with van der Waals surface area (Å²) in [7, 11) is 0. The zero-order chi connectivity index (χ0) is 10.1. The molecule has 1 aliphatic rings. The minimum absolute atomic E-state index is 0.175. The van der Waals surface area contributed by atoms with Crippen LogP contribution >= 0.6 is 0 Å². The van der Waals surface area contributed by atoms with E-state index in [2.05, 4.69) is 11.5 Å². The van der Waals surface area contributed by atoms with Crippen molar-refractivity contribution in [2.75, 3.05) is 13.1 Å². The molecule has 0 atom stereocenters. The number of hydrogen-bond acceptors (Lipinski definition) is 2. The zero-order valence-electron chi connectivity index (χ0n) is 8.89. The number of ketones is 1. The minimum Gasteiger partial charge on any atom is -0.292 e. The molecule has 74 valence electrons. The summed E-state index contributed by atoms with van der Waals surface area (Å²) >= 11 is 0. The Bertz CT molecular complexity index is 224. The van der Waals surface area contributed by atoms with Gasteiger partial charge in [-0.2, -0.15) is 0 Å². The standard InChI is InChI=1S/C11H19NO/c1-9(2)10(13)11(3,4)12-7-5-6-8-12/h1,5-8H2,2-4H3. The lowest BCUT2D eigenvalue weighted by Gasteiger charge is -2.33. The first kappa shape index (κ1) is 10.5. The van der Waals surface area contributed by atoms with Gasteiger partial charge in [-0.15, -0.1) is 0 Å². The van der Waals surface area contributed by atoms with E-state index in [1.54, 1.807) is 6.92 Å². The van der Waals surface area contributed by atoms with Gasteiger partial charge in [-0.3, -0.25) is 9.69 Å². The van der Waals surface area contributed by atoms with Gasteiger partial charge in [0.25, 0.3) is 0 Å². The average molecular weight is 181 g/mol. The summed E-state index contributed by atoms with van der Waals surface area (Å²) in [5.74, 6) is 0.175. The molecule has 0 saturated carbocycles. The van der Waals surface area contributed by atoms with Gasteiger partial charge < -0.3 is 0 Å². The third-order valence-electron chi connectivity index (χ3n) is 2.84. The normalized spacial score (nSPS) is 19.0. The second kappa shape index (κ2) is 3.62. The fraction of sp³-hybridized carbons (Fsp3) is 0.727. The average Bonchev–Trinajstić information content (AvgIpc) is 2.54. The van der Waals surface area contributed by atoms with Crippen molar-refractivity contribution in [3.05, 3.63) is 12.2 Å². The lowest BCUT2D eigenvalue weighted by atomic mass is 9.93. The van der Waals surface area contributed by atoms with Crippen LogP contribution in [0.2, 0.25) is 0 Å². The summed E-state index contributed by atoms with van der Waals surface area (Å²) < 4.78 is 0. The first-order chi connectivity index (χ1) is 5.96. The molecule has 13 heavy (non-hydrogen) atoms. The van der Waals surface area contributed by atoms with E-state index >= 15 is 0 Å². The molecule has 0 amide bonds. The van der Waals surface area contributed by atoms with Crippen molar-refractivity contribution in [3.8, 4) is 0 Å². The van der Waals surface area contributed by atoms with Crippen molar-refractivity contribution >= 4 is 5.78 Å². The van der Waals surface area contributed by atoms with Crippen LogP contribution in [-0.4, -0.2) is 29.3 Å². The topological polar surface area (TPSA) is 20.3 Å². The Hall–Kier alpha value is -0.630. The Morgan fingerprint density at radius 1 is 1.31 bits per heavy atom. The molecule has 0 unspecified atom stereocenters. The van der Waals surface area contributed by atoms with E-state index < -0.39 is 0 Å². The summed E-state index contributed by atoms with van der Waals surface area (Å²) in [4.78, 5) is 14.1. The lowest BCUT2D eigenvalue weighted by Crippen LogP contribution is -2.48. The van der Waals surface area contributed by atoms with Crippen molar-refractivity contribution in [1.82, 2.24) is 4.90 Å². The van der Waals surface area contributed by atoms with Gasteiger partial charge in [-0.1, -0.05) is 6.58 Å². The SMILES string of the molecule is C=C(C)C(=O)C(C)(C)N1CCCC1. The zero-order valence-corrected chi connectivity index (χ0v) is 8.89. The first-order valence-electron chi connectivity index (χ1n) is 4.91. The van der Waals surface area contributed by atoms with E-state index in [1.807, 2.05) is 13.8 Å². The highest BCUT2D eigenvalue weighted by Crippen LogP contribution is 2.23. The highest BCUT2D eigenvalue weighted by atomic mass is 16.1. The molecule has 2 nitrogen and oxygen atoms in total. The van der Waals surface area contributed by atoms with E-state index in [9.17, 15) is 4.79 Å². The van der Waals surface area contributed by atoms with E-state index in [-0.39, 0.29) is 11.3 Å². The van der Waals surface area contributed by atoms with Gasteiger partial charge in [0.15, 0.2) is 5.78 Å². The Balaban J connectivity index is 2.73. The maximum atomic E-state index is 11.8. The van der Waals surface area contributed by atoms with Crippen molar-refractivity contribution in [2.45, 2.75) is 39.2 Å². The van der Waals surface area contributed by atoms with E-state index in [4.69, 9.17) is 0 Å². The predicted octanol–water partition coefficient (Wildman–Crippen LogP) is 2.01. The second-order valence-corrected chi connectivity index (χ2v) is 4.36. The molecule has 0 aromatic heterocycles. The summed E-state index contributed by atoms with van der Waals surface area (Å²) in [6.07, 6.45) is 2.43. The molecule has 1 aliphatic heterocycles. The number of rotatable bonds is 3. The van der Waals surface area contributed by atoms with Gasteiger partial charge in [-0.25, -0.2) is 0 Å². The van der Waals surface area contributed by atoms with Gasteiger partial charge in [0, 0.05) is 0 Å². The first-order valence-corrected chi connectivity index (χ1v) is 4.91. The van der Waals surface area contributed by atoms with Gasteiger partial charge in [0.05, 0.1) is 5.54 Å². The fourth-order valence-corrected chi connectivity index (χ4v) is 1.94. The van der Waals surface area contributed by atoms with E-state index in [0.29, 0.717) is 5.57 Å². The Kier molecular flexibility index (Phi) is 2.91. The highest BCUT2D eigenvalue weighted by molar-refractivity contribution is 6.01. The molecule has 1 heterocycles. The molecule has 1 rings (SSSR count). The van der Waals surface area contributed by atoms with Crippen molar-refractivity contribution in [2.24, 2.45) is 0 Å². The van der Waals surface area contributed by atoms with Crippen LogP contribution in [-0.2, 0) is 4.79 Å². The van der Waals surface area contributed by atoms with Crippen LogP contribution in [0, 0.1) is 0 Å². The largest absolute Gasteiger partial charge is 0.292 e. The molecule has 2 heteroatoms. The molecule has 0 aliphatic carbocycles. The molecule has 0 aromatic rings. The quantitative estimate of drug-likeness (QED) is 0.621. The van der Waals surface area contributed by atoms with Crippen molar-refractivity contribution < 1.29 is 4.79 Å². The Morgan fingerprint density at radius 3 is 2.15 bits per heavy atom. The van der Waals surface area contributed by atoms with Gasteiger partial charge in [0.1, 0.15) is 0 Å². The number of nitrogens with zero attached hydrogens (tertiary/aromatic N) is 1. The van der Waals surface area contributed by atoms with E-state index in [1.165, 1.54) is 12.8 Å². The fourth-order valence-electron chi connectivity index (χ4n) is 1.94. The highest BCUT2D eigenvalue weighted by Gasteiger charge is 2.35. The van der Waals surface area contributed by atoms with E-state index in [0.717, 1.165) is 13.1 Å². The minimum atomic E-state index is -0.345. The third-order valence-corrected chi connectivity index (χ3v) is 2.84. The van der Waals surface area contributed by atoms with Gasteiger partial charge in [0.2, 0.25) is 0 Å². The number of carbonyl (C=O) groups excluding carboxylic acids is 1. The summed E-state index contributed by atoms with van der Waals surface area (Å²) in [6, 6.07) is 0. The molecule has 1 fully saturated rings. The number of carbonyl (C=O) groups is 1. The Morgan fingerprint density at radius 2 is 1.77 bits per heavy atom. The monoisotopic (exact) mass is 181 g/mol. The number of Topliss-reactive ketones (excluding diaryl/α,β-unsaturated/α-hetero) is 1. The lowest BCUT2D eigenvalue weighted by molar-refractivity contribution is -0.124. The predicted molar refractivity (Wildman–Crippen MR) is 54.7 cm³/mol. The van der Waals surface area contributed by atoms with Crippen LogP contribution in [0.3, 0.4) is 0 Å². The van der Waals surface area contributed by atoms with Crippen molar-refractivity contribution in [3.63, 3.8) is 0 Å². The van der Waals surface area contributed by atoms with Gasteiger partial charge in [-0.05, 0) is 52.3 Å². The van der Waals surface area contributed by atoms with Crippen LogP contribution in [0.5, 0.6) is 0 Å². The van der Waals surface area contributed by atoms with Gasteiger partial charge >= 0.3 is 0 Å². The maximum Gasteiger partial charge on any atom is 0.177 e. The Labute approximate surface area is 80.6 Å². The summed E-state index contributed by atoms with van der Waals surface area (Å²) in [6.45, 7) is 11.6. The molecular weight excluding hydrogens is 162 g/mol.